The maximum Gasteiger partial charge on any atom is 0.254 e. The minimum Gasteiger partial charge on any atom is -0.383 e. The van der Waals surface area contributed by atoms with E-state index in [0.29, 0.717) is 26.2 Å². The van der Waals surface area contributed by atoms with Gasteiger partial charge in [-0.3, -0.25) is 4.79 Å². The molecule has 0 saturated carbocycles. The summed E-state index contributed by atoms with van der Waals surface area (Å²) in [6.45, 7) is 6.08. The Bertz CT molecular complexity index is 405. The molecule has 4 nitrogen and oxygen atoms in total. The highest BCUT2D eigenvalue weighted by molar-refractivity contribution is 5.95. The standard InChI is InChI=1S/C14H22N2O2/c1-11-4-5-13(12(2)10-11)14(17)16(7-6-15)8-9-18-3/h4-5,10H,6-9,15H2,1-3H3. The van der Waals surface area contributed by atoms with Crippen LogP contribution in [-0.2, 0) is 4.74 Å². The Morgan fingerprint density at radius 1 is 1.33 bits per heavy atom. The number of benzene rings is 1. The molecular formula is C14H22N2O2. The molecule has 0 heterocycles. The molecule has 1 aromatic carbocycles. The fourth-order valence-electron chi connectivity index (χ4n) is 1.90. The van der Waals surface area contributed by atoms with Crippen molar-refractivity contribution in [1.29, 1.82) is 0 Å². The maximum absolute atomic E-state index is 12.4. The summed E-state index contributed by atoms with van der Waals surface area (Å²) in [5.41, 5.74) is 8.44. The van der Waals surface area contributed by atoms with Crippen molar-refractivity contribution in [2.75, 3.05) is 33.4 Å². The molecule has 0 aromatic heterocycles. The zero-order valence-corrected chi connectivity index (χ0v) is 11.4. The summed E-state index contributed by atoms with van der Waals surface area (Å²) >= 11 is 0. The van der Waals surface area contributed by atoms with Gasteiger partial charge in [0, 0.05) is 32.3 Å². The number of rotatable bonds is 6. The molecule has 0 atom stereocenters. The van der Waals surface area contributed by atoms with Crippen molar-refractivity contribution >= 4 is 5.91 Å². The lowest BCUT2D eigenvalue weighted by Gasteiger charge is -2.22. The Kier molecular flexibility index (Phi) is 5.82. The molecule has 18 heavy (non-hydrogen) atoms. The summed E-state index contributed by atoms with van der Waals surface area (Å²) in [5, 5.41) is 0. The molecule has 0 spiro atoms. The number of amides is 1. The van der Waals surface area contributed by atoms with E-state index in [2.05, 4.69) is 0 Å². The van der Waals surface area contributed by atoms with Crippen molar-refractivity contribution in [2.45, 2.75) is 13.8 Å². The van der Waals surface area contributed by atoms with Gasteiger partial charge < -0.3 is 15.4 Å². The molecule has 0 aliphatic rings. The van der Waals surface area contributed by atoms with Gasteiger partial charge in [-0.15, -0.1) is 0 Å². The molecule has 0 unspecified atom stereocenters. The van der Waals surface area contributed by atoms with E-state index < -0.39 is 0 Å². The molecule has 100 valence electrons. The van der Waals surface area contributed by atoms with Crippen molar-refractivity contribution in [1.82, 2.24) is 4.90 Å². The second kappa shape index (κ2) is 7.13. The quantitative estimate of drug-likeness (QED) is 0.829. The van der Waals surface area contributed by atoms with Crippen LogP contribution >= 0.6 is 0 Å². The first-order valence-corrected chi connectivity index (χ1v) is 6.15. The molecule has 1 rings (SSSR count). The zero-order chi connectivity index (χ0) is 13.5. The number of carbonyl (C=O) groups is 1. The van der Waals surface area contributed by atoms with E-state index in [1.54, 1.807) is 12.0 Å². The van der Waals surface area contributed by atoms with E-state index in [4.69, 9.17) is 10.5 Å². The fraction of sp³-hybridized carbons (Fsp3) is 0.500. The molecule has 1 amide bonds. The van der Waals surface area contributed by atoms with Gasteiger partial charge in [0.15, 0.2) is 0 Å². The van der Waals surface area contributed by atoms with Crippen molar-refractivity contribution in [3.63, 3.8) is 0 Å². The number of nitrogens with two attached hydrogens (primary N) is 1. The van der Waals surface area contributed by atoms with Crippen LogP contribution in [-0.4, -0.2) is 44.2 Å². The third kappa shape index (κ3) is 3.82. The minimum absolute atomic E-state index is 0.0231. The number of nitrogens with zero attached hydrogens (tertiary/aromatic N) is 1. The number of carbonyl (C=O) groups excluding carboxylic acids is 1. The molecule has 1 aromatic rings. The van der Waals surface area contributed by atoms with Crippen LogP contribution in [0.2, 0.25) is 0 Å². The normalized spacial score (nSPS) is 10.4. The zero-order valence-electron chi connectivity index (χ0n) is 11.4. The molecule has 2 N–H and O–H groups in total. The maximum atomic E-state index is 12.4. The van der Waals surface area contributed by atoms with Crippen LogP contribution in [0.15, 0.2) is 18.2 Å². The predicted octanol–water partition coefficient (Wildman–Crippen LogP) is 1.35. The Labute approximate surface area is 109 Å². The first kappa shape index (κ1) is 14.7. The molecule has 0 aliphatic carbocycles. The van der Waals surface area contributed by atoms with Crippen LogP contribution in [0.5, 0.6) is 0 Å². The van der Waals surface area contributed by atoms with Crippen LogP contribution in [0.25, 0.3) is 0 Å². The van der Waals surface area contributed by atoms with Gasteiger partial charge in [-0.2, -0.15) is 0 Å². The third-order valence-corrected chi connectivity index (χ3v) is 2.86. The number of ether oxygens (including phenoxy) is 1. The van der Waals surface area contributed by atoms with E-state index in [1.807, 2.05) is 32.0 Å². The number of hydrogen-bond donors (Lipinski definition) is 1. The molecule has 0 radical (unpaired) electrons. The lowest BCUT2D eigenvalue weighted by molar-refractivity contribution is 0.0701. The van der Waals surface area contributed by atoms with Crippen molar-refractivity contribution in [2.24, 2.45) is 5.73 Å². The smallest absolute Gasteiger partial charge is 0.254 e. The highest BCUT2D eigenvalue weighted by Crippen LogP contribution is 2.13. The van der Waals surface area contributed by atoms with Crippen molar-refractivity contribution in [3.05, 3.63) is 34.9 Å². The second-order valence-electron chi connectivity index (χ2n) is 4.39. The monoisotopic (exact) mass is 250 g/mol. The van der Waals surface area contributed by atoms with Gasteiger partial charge in [-0.1, -0.05) is 17.7 Å². The number of hydrogen-bond acceptors (Lipinski definition) is 3. The summed E-state index contributed by atoms with van der Waals surface area (Å²) < 4.78 is 5.02. The summed E-state index contributed by atoms with van der Waals surface area (Å²) in [7, 11) is 1.63. The van der Waals surface area contributed by atoms with E-state index in [9.17, 15) is 4.79 Å². The minimum atomic E-state index is 0.0231. The molecule has 4 heteroatoms. The van der Waals surface area contributed by atoms with Gasteiger partial charge in [0.25, 0.3) is 5.91 Å². The summed E-state index contributed by atoms with van der Waals surface area (Å²) in [5.74, 6) is 0.0231. The van der Waals surface area contributed by atoms with Gasteiger partial charge >= 0.3 is 0 Å². The van der Waals surface area contributed by atoms with E-state index in [-0.39, 0.29) is 5.91 Å². The Morgan fingerprint density at radius 3 is 2.61 bits per heavy atom. The van der Waals surface area contributed by atoms with E-state index in [0.717, 1.165) is 16.7 Å². The second-order valence-corrected chi connectivity index (χ2v) is 4.39. The van der Waals surface area contributed by atoms with Crippen molar-refractivity contribution in [3.8, 4) is 0 Å². The van der Waals surface area contributed by atoms with Gasteiger partial charge in [-0.05, 0) is 25.5 Å². The first-order valence-electron chi connectivity index (χ1n) is 6.15. The Morgan fingerprint density at radius 2 is 2.06 bits per heavy atom. The Balaban J connectivity index is 2.87. The van der Waals surface area contributed by atoms with E-state index in [1.165, 1.54) is 0 Å². The molecule has 0 aliphatic heterocycles. The molecule has 0 saturated heterocycles. The summed E-state index contributed by atoms with van der Waals surface area (Å²) in [4.78, 5) is 14.1. The first-order chi connectivity index (χ1) is 8.60. The van der Waals surface area contributed by atoms with Gasteiger partial charge in [-0.25, -0.2) is 0 Å². The number of methoxy groups -OCH3 is 1. The number of aryl methyl sites for hydroxylation is 2. The lowest BCUT2D eigenvalue weighted by Crippen LogP contribution is -2.38. The highest BCUT2D eigenvalue weighted by Gasteiger charge is 2.16. The largest absolute Gasteiger partial charge is 0.383 e. The summed E-state index contributed by atoms with van der Waals surface area (Å²) in [6.07, 6.45) is 0. The highest BCUT2D eigenvalue weighted by atomic mass is 16.5. The van der Waals surface area contributed by atoms with Gasteiger partial charge in [0.05, 0.1) is 6.61 Å². The van der Waals surface area contributed by atoms with Crippen LogP contribution in [0.1, 0.15) is 21.5 Å². The average Bonchev–Trinajstić information content (AvgIpc) is 2.33. The Hall–Kier alpha value is -1.39. The average molecular weight is 250 g/mol. The lowest BCUT2D eigenvalue weighted by atomic mass is 10.0. The molecule has 0 bridgehead atoms. The van der Waals surface area contributed by atoms with Crippen molar-refractivity contribution < 1.29 is 9.53 Å². The topological polar surface area (TPSA) is 55.6 Å². The fourth-order valence-corrected chi connectivity index (χ4v) is 1.90. The van der Waals surface area contributed by atoms with Gasteiger partial charge in [0.1, 0.15) is 0 Å². The van der Waals surface area contributed by atoms with Crippen LogP contribution < -0.4 is 5.73 Å². The van der Waals surface area contributed by atoms with E-state index >= 15 is 0 Å². The summed E-state index contributed by atoms with van der Waals surface area (Å²) in [6, 6.07) is 5.85. The molecular weight excluding hydrogens is 228 g/mol. The van der Waals surface area contributed by atoms with Crippen LogP contribution in [0, 0.1) is 13.8 Å². The van der Waals surface area contributed by atoms with Crippen LogP contribution in [0.3, 0.4) is 0 Å². The SMILES string of the molecule is COCCN(CCN)C(=O)c1ccc(C)cc1C. The molecule has 0 fully saturated rings. The third-order valence-electron chi connectivity index (χ3n) is 2.86. The van der Waals surface area contributed by atoms with Crippen LogP contribution in [0.4, 0.5) is 0 Å². The van der Waals surface area contributed by atoms with Gasteiger partial charge in [0.2, 0.25) is 0 Å². The predicted molar refractivity (Wildman–Crippen MR) is 72.7 cm³/mol.